The normalized spacial score (nSPS) is 14.3. The van der Waals surface area contributed by atoms with E-state index < -0.39 is 0 Å². The Bertz CT molecular complexity index is 997. The van der Waals surface area contributed by atoms with Crippen LogP contribution in [0.1, 0.15) is 39.7 Å². The summed E-state index contributed by atoms with van der Waals surface area (Å²) in [6.07, 6.45) is 3.86. The molecule has 7 heteroatoms. The minimum absolute atomic E-state index is 0.244. The molecule has 2 aromatic heterocycles. The SMILES string of the molecule is O=C(N/N=C/c1ccc(Cl)s1)c1cc(C2CC2)nc2ccc(Br)cc12. The van der Waals surface area contributed by atoms with Gasteiger partial charge in [-0.1, -0.05) is 27.5 Å². The van der Waals surface area contributed by atoms with Gasteiger partial charge in [0, 0.05) is 26.3 Å². The first-order valence-corrected chi connectivity index (χ1v) is 9.78. The second kappa shape index (κ2) is 6.86. The third-order valence-corrected chi connectivity index (χ3v) is 5.64. The number of fused-ring (bicyclic) bond motifs is 1. The number of nitrogens with zero attached hydrogens (tertiary/aromatic N) is 2. The summed E-state index contributed by atoms with van der Waals surface area (Å²) in [6.45, 7) is 0. The molecule has 0 unspecified atom stereocenters. The van der Waals surface area contributed by atoms with E-state index in [1.54, 1.807) is 12.3 Å². The number of thiophene rings is 1. The average Bonchev–Trinajstić information content (AvgIpc) is 3.36. The number of hydrazone groups is 1. The van der Waals surface area contributed by atoms with E-state index in [0.717, 1.165) is 38.8 Å². The van der Waals surface area contributed by atoms with Crippen LogP contribution < -0.4 is 5.43 Å². The standard InChI is InChI=1S/C18H13BrClN3OS/c19-11-3-5-15-13(7-11)14(8-16(22-15)10-1-2-10)18(24)23-21-9-12-4-6-17(20)25-12/h3-10H,1-2H2,(H,23,24)/b21-9+. The molecule has 4 rings (SSSR count). The van der Waals surface area contributed by atoms with Gasteiger partial charge < -0.3 is 0 Å². The molecule has 1 aliphatic rings. The Morgan fingerprint density at radius 1 is 1.32 bits per heavy atom. The van der Waals surface area contributed by atoms with Gasteiger partial charge >= 0.3 is 0 Å². The number of halogens is 2. The van der Waals surface area contributed by atoms with Crippen molar-refractivity contribution in [3.05, 3.63) is 61.3 Å². The number of aromatic nitrogens is 1. The Hall–Kier alpha value is -1.76. The van der Waals surface area contributed by atoms with Gasteiger partial charge in [-0.05, 0) is 49.2 Å². The molecular weight excluding hydrogens is 422 g/mol. The lowest BCUT2D eigenvalue weighted by Gasteiger charge is -2.08. The lowest BCUT2D eigenvalue weighted by atomic mass is 10.1. The summed E-state index contributed by atoms with van der Waals surface area (Å²) in [5, 5.41) is 4.86. The molecule has 126 valence electrons. The van der Waals surface area contributed by atoms with Crippen molar-refractivity contribution in [3.8, 4) is 0 Å². The van der Waals surface area contributed by atoms with Gasteiger partial charge in [0.25, 0.3) is 5.91 Å². The largest absolute Gasteiger partial charge is 0.272 e. The number of carbonyl (C=O) groups excluding carboxylic acids is 1. The smallest absolute Gasteiger partial charge is 0.267 e. The number of carbonyl (C=O) groups is 1. The number of nitrogens with one attached hydrogen (secondary N) is 1. The molecule has 2 heterocycles. The van der Waals surface area contributed by atoms with Crippen LogP contribution in [0, 0.1) is 0 Å². The minimum atomic E-state index is -0.244. The molecule has 0 bridgehead atoms. The molecule has 3 aromatic rings. The number of benzene rings is 1. The van der Waals surface area contributed by atoms with Gasteiger partial charge in [-0.15, -0.1) is 11.3 Å². The van der Waals surface area contributed by atoms with Gasteiger partial charge in [-0.25, -0.2) is 5.43 Å². The summed E-state index contributed by atoms with van der Waals surface area (Å²) < 4.78 is 1.60. The van der Waals surface area contributed by atoms with E-state index in [9.17, 15) is 4.79 Å². The highest BCUT2D eigenvalue weighted by molar-refractivity contribution is 9.10. The van der Waals surface area contributed by atoms with Gasteiger partial charge in [0.05, 0.1) is 21.6 Å². The van der Waals surface area contributed by atoms with Crippen LogP contribution in [0.25, 0.3) is 10.9 Å². The summed E-state index contributed by atoms with van der Waals surface area (Å²) in [7, 11) is 0. The average molecular weight is 435 g/mol. The number of amides is 1. The Kier molecular flexibility index (Phi) is 4.58. The fraction of sp³-hybridized carbons (Fsp3) is 0.167. The fourth-order valence-corrected chi connectivity index (χ4v) is 3.90. The highest BCUT2D eigenvalue weighted by Crippen LogP contribution is 2.40. The number of pyridine rings is 1. The molecule has 25 heavy (non-hydrogen) atoms. The zero-order chi connectivity index (χ0) is 17.4. The van der Waals surface area contributed by atoms with Crippen molar-refractivity contribution in [2.75, 3.05) is 0 Å². The van der Waals surface area contributed by atoms with Crippen molar-refractivity contribution in [1.82, 2.24) is 10.4 Å². The van der Waals surface area contributed by atoms with Crippen LogP contribution in [0.5, 0.6) is 0 Å². The summed E-state index contributed by atoms with van der Waals surface area (Å²) in [5.41, 5.74) is 5.00. The van der Waals surface area contributed by atoms with Crippen LogP contribution in [0.15, 0.2) is 46.0 Å². The van der Waals surface area contributed by atoms with Gasteiger partial charge in [0.2, 0.25) is 0 Å². The maximum atomic E-state index is 12.7. The lowest BCUT2D eigenvalue weighted by Crippen LogP contribution is -2.18. The first-order chi connectivity index (χ1) is 12.1. The molecule has 1 N–H and O–H groups in total. The number of hydrogen-bond donors (Lipinski definition) is 1. The first-order valence-electron chi connectivity index (χ1n) is 7.79. The molecule has 1 fully saturated rings. The molecule has 1 aromatic carbocycles. The Labute approximate surface area is 162 Å². The summed E-state index contributed by atoms with van der Waals surface area (Å²) in [6, 6.07) is 11.3. The molecule has 0 atom stereocenters. The second-order valence-corrected chi connectivity index (χ2v) is 8.53. The summed E-state index contributed by atoms with van der Waals surface area (Å²) in [5.74, 6) is 0.225. The van der Waals surface area contributed by atoms with E-state index in [0.29, 0.717) is 15.8 Å². The molecule has 1 aliphatic carbocycles. The van der Waals surface area contributed by atoms with Crippen LogP contribution in [0.4, 0.5) is 0 Å². The third-order valence-electron chi connectivity index (χ3n) is 3.98. The number of hydrogen-bond acceptors (Lipinski definition) is 4. The van der Waals surface area contributed by atoms with Crippen LogP contribution in [-0.2, 0) is 0 Å². The predicted octanol–water partition coefficient (Wildman–Crippen LogP) is 5.35. The predicted molar refractivity (Wildman–Crippen MR) is 106 cm³/mol. The van der Waals surface area contributed by atoms with Crippen molar-refractivity contribution in [2.45, 2.75) is 18.8 Å². The van der Waals surface area contributed by atoms with Gasteiger partial charge in [-0.3, -0.25) is 9.78 Å². The Balaban J connectivity index is 1.65. The molecule has 4 nitrogen and oxygen atoms in total. The zero-order valence-electron chi connectivity index (χ0n) is 13.0. The van der Waals surface area contributed by atoms with E-state index in [-0.39, 0.29) is 5.91 Å². The molecule has 0 radical (unpaired) electrons. The van der Waals surface area contributed by atoms with E-state index >= 15 is 0 Å². The minimum Gasteiger partial charge on any atom is -0.267 e. The monoisotopic (exact) mass is 433 g/mol. The van der Waals surface area contributed by atoms with Crippen LogP contribution in [0.3, 0.4) is 0 Å². The van der Waals surface area contributed by atoms with Crippen LogP contribution >= 0.6 is 38.9 Å². The van der Waals surface area contributed by atoms with E-state index in [1.807, 2.05) is 30.3 Å². The quantitative estimate of drug-likeness (QED) is 0.444. The molecule has 0 saturated heterocycles. The molecular formula is C18H13BrClN3OS. The highest BCUT2D eigenvalue weighted by Gasteiger charge is 2.27. The third kappa shape index (κ3) is 3.76. The van der Waals surface area contributed by atoms with Crippen molar-refractivity contribution >= 4 is 61.9 Å². The van der Waals surface area contributed by atoms with E-state index in [2.05, 4.69) is 26.5 Å². The first kappa shape index (κ1) is 16.7. The molecule has 1 amide bonds. The second-order valence-electron chi connectivity index (χ2n) is 5.87. The van der Waals surface area contributed by atoms with Crippen molar-refractivity contribution in [2.24, 2.45) is 5.10 Å². The summed E-state index contributed by atoms with van der Waals surface area (Å²) >= 11 is 10.8. The van der Waals surface area contributed by atoms with Crippen molar-refractivity contribution in [3.63, 3.8) is 0 Å². The van der Waals surface area contributed by atoms with Crippen LogP contribution in [-0.4, -0.2) is 17.1 Å². The van der Waals surface area contributed by atoms with E-state index in [4.69, 9.17) is 16.6 Å². The molecule has 0 spiro atoms. The molecule has 0 aliphatic heterocycles. The van der Waals surface area contributed by atoms with Crippen molar-refractivity contribution < 1.29 is 4.79 Å². The topological polar surface area (TPSA) is 54.4 Å². The molecule has 1 saturated carbocycles. The zero-order valence-corrected chi connectivity index (χ0v) is 16.2. The summed E-state index contributed by atoms with van der Waals surface area (Å²) in [4.78, 5) is 18.3. The van der Waals surface area contributed by atoms with E-state index in [1.165, 1.54) is 11.3 Å². The number of rotatable bonds is 4. The van der Waals surface area contributed by atoms with Crippen LogP contribution in [0.2, 0.25) is 4.34 Å². The van der Waals surface area contributed by atoms with Gasteiger partial charge in [0.1, 0.15) is 0 Å². The van der Waals surface area contributed by atoms with Gasteiger partial charge in [-0.2, -0.15) is 5.10 Å². The maximum absolute atomic E-state index is 12.7. The highest BCUT2D eigenvalue weighted by atomic mass is 79.9. The van der Waals surface area contributed by atoms with Crippen molar-refractivity contribution in [1.29, 1.82) is 0 Å². The van der Waals surface area contributed by atoms with Gasteiger partial charge in [0.15, 0.2) is 0 Å². The Morgan fingerprint density at radius 2 is 2.16 bits per heavy atom. The Morgan fingerprint density at radius 3 is 2.88 bits per heavy atom. The fourth-order valence-electron chi connectivity index (χ4n) is 2.61. The maximum Gasteiger partial charge on any atom is 0.272 e. The lowest BCUT2D eigenvalue weighted by molar-refractivity contribution is 0.0956.